The van der Waals surface area contributed by atoms with Crippen molar-refractivity contribution in [2.24, 2.45) is 22.4 Å². The zero-order valence-corrected chi connectivity index (χ0v) is 16.6. The third-order valence-electron chi connectivity index (χ3n) is 4.49. The van der Waals surface area contributed by atoms with Crippen molar-refractivity contribution in [2.75, 3.05) is 10.6 Å². The van der Waals surface area contributed by atoms with Crippen molar-refractivity contribution in [2.45, 2.75) is 39.3 Å². The summed E-state index contributed by atoms with van der Waals surface area (Å²) in [6, 6.07) is 5.10. The second kappa shape index (κ2) is 8.26. The van der Waals surface area contributed by atoms with Crippen LogP contribution in [0.15, 0.2) is 29.4 Å². The molecule has 1 aliphatic rings. The largest absolute Gasteiger partial charge is 0.368 e. The van der Waals surface area contributed by atoms with E-state index in [1.54, 1.807) is 0 Å². The highest BCUT2D eigenvalue weighted by Crippen LogP contribution is 2.19. The second-order valence-electron chi connectivity index (χ2n) is 7.45. The van der Waals surface area contributed by atoms with Crippen LogP contribution in [-0.4, -0.2) is 33.9 Å². The van der Waals surface area contributed by atoms with E-state index in [-0.39, 0.29) is 29.3 Å². The Morgan fingerprint density at radius 2 is 2.00 bits per heavy atom. The Balaban J connectivity index is 1.97. The molecule has 1 aliphatic heterocycles. The molecule has 0 aliphatic carbocycles. The number of nitrogens with one attached hydrogen (secondary N) is 2. The summed E-state index contributed by atoms with van der Waals surface area (Å²) in [4.78, 5) is 36.6. The van der Waals surface area contributed by atoms with Gasteiger partial charge in [-0.3, -0.25) is 14.6 Å². The topological polar surface area (TPSA) is 148 Å². The minimum atomic E-state index is -0.665. The van der Waals surface area contributed by atoms with Crippen molar-refractivity contribution >= 4 is 35.3 Å². The smallest absolute Gasteiger partial charge is 0.254 e. The van der Waals surface area contributed by atoms with E-state index in [0.717, 1.165) is 16.3 Å². The van der Waals surface area contributed by atoms with Gasteiger partial charge in [0, 0.05) is 17.1 Å². The summed E-state index contributed by atoms with van der Waals surface area (Å²) in [6.07, 6.45) is 3.88. The molecule has 0 spiro atoms. The van der Waals surface area contributed by atoms with Crippen LogP contribution in [-0.2, 0) is 4.79 Å². The van der Waals surface area contributed by atoms with E-state index in [1.165, 1.54) is 6.20 Å². The van der Waals surface area contributed by atoms with Gasteiger partial charge in [0.05, 0.1) is 11.4 Å². The van der Waals surface area contributed by atoms with Gasteiger partial charge < -0.3 is 22.1 Å². The third-order valence-corrected chi connectivity index (χ3v) is 4.49. The number of nitrogens with zero attached hydrogens (tertiary/aromatic N) is 3. The molecule has 2 aromatic rings. The molecule has 0 fully saturated rings. The molecule has 1 unspecified atom stereocenters. The lowest BCUT2D eigenvalue weighted by Gasteiger charge is -2.18. The third kappa shape index (κ3) is 4.68. The Bertz CT molecular complexity index is 1060. The van der Waals surface area contributed by atoms with Crippen LogP contribution in [0.4, 0.5) is 17.5 Å². The van der Waals surface area contributed by atoms with Gasteiger partial charge in [0.25, 0.3) is 5.91 Å². The number of aromatic nitrogens is 2. The number of rotatable bonds is 8. The maximum Gasteiger partial charge on any atom is 0.254 e. The number of anilines is 3. The normalized spacial score (nSPS) is 15.8. The van der Waals surface area contributed by atoms with Gasteiger partial charge in [-0.15, -0.1) is 0 Å². The molecule has 0 bridgehead atoms. The minimum absolute atomic E-state index is 0.0681. The first-order valence-corrected chi connectivity index (χ1v) is 9.43. The van der Waals surface area contributed by atoms with E-state index in [2.05, 4.69) is 25.6 Å². The first kappa shape index (κ1) is 20.2. The number of benzene rings is 1. The highest BCUT2D eigenvalue weighted by Gasteiger charge is 2.20. The van der Waals surface area contributed by atoms with Crippen LogP contribution in [0.25, 0.3) is 6.08 Å². The maximum absolute atomic E-state index is 11.9. The molecule has 1 aromatic carbocycles. The quantitative estimate of drug-likeness (QED) is 0.509. The SMILES string of the molecule is CC(C)C[C@@H](Nc1ncc(C(N)=O)c(Nc2cccc3c2=CC(C)N=3)n1)C(N)=O. The molecule has 9 heteroatoms. The minimum Gasteiger partial charge on any atom is -0.368 e. The fourth-order valence-corrected chi connectivity index (χ4v) is 3.18. The Kier molecular flexibility index (Phi) is 5.76. The number of carbonyl (C=O) groups excluding carboxylic acids is 2. The number of nitrogens with two attached hydrogens (primary N) is 2. The van der Waals surface area contributed by atoms with Crippen molar-refractivity contribution in [3.05, 3.63) is 40.5 Å². The Hall–Kier alpha value is -3.49. The van der Waals surface area contributed by atoms with E-state index in [9.17, 15) is 9.59 Å². The van der Waals surface area contributed by atoms with Gasteiger partial charge in [-0.1, -0.05) is 19.9 Å². The summed E-state index contributed by atoms with van der Waals surface area (Å²) in [6.45, 7) is 5.96. The first-order chi connectivity index (χ1) is 13.7. The van der Waals surface area contributed by atoms with Gasteiger partial charge >= 0.3 is 0 Å². The summed E-state index contributed by atoms with van der Waals surface area (Å²) in [7, 11) is 0. The molecule has 2 atom stereocenters. The summed E-state index contributed by atoms with van der Waals surface area (Å²) in [5.74, 6) is -0.500. The standard InChI is InChI=1S/C20H25N7O2/c1-10(2)7-16(18(22)29)26-20-23-9-13(17(21)28)19(27-20)25-15-6-4-5-14-12(15)8-11(3)24-14/h4-6,8-11,16H,7H2,1-3H3,(H2,21,28)(H2,22,29)(H2,23,25,26,27)/t11?,16-/m1/s1. The van der Waals surface area contributed by atoms with Crippen LogP contribution in [0.2, 0.25) is 0 Å². The van der Waals surface area contributed by atoms with Crippen LogP contribution < -0.4 is 32.7 Å². The molecular formula is C20H25N7O2. The zero-order chi connectivity index (χ0) is 21.1. The van der Waals surface area contributed by atoms with Gasteiger partial charge in [-0.25, -0.2) is 4.98 Å². The fraction of sp³-hybridized carbons (Fsp3) is 0.350. The summed E-state index contributed by atoms with van der Waals surface area (Å²) >= 11 is 0. The van der Waals surface area contributed by atoms with E-state index in [0.29, 0.717) is 6.42 Å². The molecule has 1 aromatic heterocycles. The lowest BCUT2D eigenvalue weighted by Crippen LogP contribution is -2.37. The van der Waals surface area contributed by atoms with E-state index in [1.807, 2.05) is 45.0 Å². The molecule has 0 radical (unpaired) electrons. The Labute approximate surface area is 168 Å². The maximum atomic E-state index is 11.9. The van der Waals surface area contributed by atoms with Gasteiger partial charge in [0.1, 0.15) is 17.4 Å². The first-order valence-electron chi connectivity index (χ1n) is 9.43. The van der Waals surface area contributed by atoms with Crippen LogP contribution in [0, 0.1) is 5.92 Å². The molecule has 3 rings (SSSR count). The molecule has 152 valence electrons. The number of amides is 2. The Morgan fingerprint density at radius 1 is 1.24 bits per heavy atom. The van der Waals surface area contributed by atoms with Gasteiger partial charge in [-0.2, -0.15) is 4.98 Å². The monoisotopic (exact) mass is 395 g/mol. The lowest BCUT2D eigenvalue weighted by molar-refractivity contribution is -0.119. The predicted molar refractivity (Wildman–Crippen MR) is 111 cm³/mol. The molecule has 6 N–H and O–H groups in total. The molecule has 9 nitrogen and oxygen atoms in total. The Morgan fingerprint density at radius 3 is 2.66 bits per heavy atom. The highest BCUT2D eigenvalue weighted by molar-refractivity contribution is 5.98. The molecule has 2 amide bonds. The van der Waals surface area contributed by atoms with E-state index < -0.39 is 17.9 Å². The van der Waals surface area contributed by atoms with Gasteiger partial charge in [0.2, 0.25) is 11.9 Å². The van der Waals surface area contributed by atoms with Crippen molar-refractivity contribution < 1.29 is 9.59 Å². The average molecular weight is 395 g/mol. The van der Waals surface area contributed by atoms with E-state index >= 15 is 0 Å². The molecular weight excluding hydrogens is 370 g/mol. The fourth-order valence-electron chi connectivity index (χ4n) is 3.18. The molecule has 29 heavy (non-hydrogen) atoms. The van der Waals surface area contributed by atoms with Crippen molar-refractivity contribution in [1.82, 2.24) is 9.97 Å². The summed E-state index contributed by atoms with van der Waals surface area (Å²) < 4.78 is 0. The van der Waals surface area contributed by atoms with Crippen molar-refractivity contribution in [3.8, 4) is 0 Å². The number of primary amides is 2. The number of carbonyl (C=O) groups is 2. The summed E-state index contributed by atoms with van der Waals surface area (Å²) in [5.41, 5.74) is 11.9. The predicted octanol–water partition coefficient (Wildman–Crippen LogP) is 0.433. The average Bonchev–Trinajstić information content (AvgIpc) is 3.02. The number of fused-ring (bicyclic) bond motifs is 1. The van der Waals surface area contributed by atoms with Crippen molar-refractivity contribution in [1.29, 1.82) is 0 Å². The number of hydrogen-bond acceptors (Lipinski definition) is 7. The second-order valence-corrected chi connectivity index (χ2v) is 7.45. The lowest BCUT2D eigenvalue weighted by atomic mass is 10.0. The van der Waals surface area contributed by atoms with Gasteiger partial charge in [-0.05, 0) is 37.5 Å². The van der Waals surface area contributed by atoms with E-state index in [4.69, 9.17) is 11.5 Å². The van der Waals surface area contributed by atoms with Gasteiger partial charge in [0.15, 0.2) is 0 Å². The molecule has 2 heterocycles. The highest BCUT2D eigenvalue weighted by atomic mass is 16.1. The number of hydrogen-bond donors (Lipinski definition) is 4. The zero-order valence-electron chi connectivity index (χ0n) is 16.6. The van der Waals surface area contributed by atoms with Crippen LogP contribution in [0.5, 0.6) is 0 Å². The van der Waals surface area contributed by atoms with Crippen LogP contribution in [0.3, 0.4) is 0 Å². The van der Waals surface area contributed by atoms with Crippen LogP contribution in [0.1, 0.15) is 37.6 Å². The summed E-state index contributed by atoms with van der Waals surface area (Å²) in [5, 5.41) is 7.90. The molecule has 0 saturated carbocycles. The molecule has 0 saturated heterocycles. The van der Waals surface area contributed by atoms with Crippen LogP contribution >= 0.6 is 0 Å². The van der Waals surface area contributed by atoms with Crippen molar-refractivity contribution in [3.63, 3.8) is 0 Å².